The third kappa shape index (κ3) is 4.72. The third-order valence-corrected chi connectivity index (χ3v) is 2.60. The standard InChI is InChI=1S/C14H18N2O4/c1-4-20-14(19)9-13(18)15-11-6-5-7-12(8-11)16(3)10(2)17/h5-8H,4,9H2,1-3H3,(H,15,18). The average Bonchev–Trinajstić information content (AvgIpc) is 2.37. The summed E-state index contributed by atoms with van der Waals surface area (Å²) >= 11 is 0. The minimum Gasteiger partial charge on any atom is -0.466 e. The maximum Gasteiger partial charge on any atom is 0.315 e. The van der Waals surface area contributed by atoms with Crippen LogP contribution in [0, 0.1) is 0 Å². The Morgan fingerprint density at radius 2 is 2.00 bits per heavy atom. The van der Waals surface area contributed by atoms with Crippen LogP contribution in [0.25, 0.3) is 0 Å². The minimum absolute atomic E-state index is 0.111. The number of amides is 2. The average molecular weight is 278 g/mol. The van der Waals surface area contributed by atoms with E-state index in [9.17, 15) is 14.4 Å². The van der Waals surface area contributed by atoms with E-state index in [0.717, 1.165) is 0 Å². The molecule has 0 unspecified atom stereocenters. The van der Waals surface area contributed by atoms with Crippen LogP contribution in [0.3, 0.4) is 0 Å². The Bertz CT molecular complexity index is 514. The Morgan fingerprint density at radius 1 is 1.30 bits per heavy atom. The summed E-state index contributed by atoms with van der Waals surface area (Å²) in [5.74, 6) is -1.13. The summed E-state index contributed by atoms with van der Waals surface area (Å²) in [6, 6.07) is 6.81. The molecule has 0 aliphatic rings. The van der Waals surface area contributed by atoms with Crippen LogP contribution in [0.2, 0.25) is 0 Å². The molecule has 108 valence electrons. The Hall–Kier alpha value is -2.37. The van der Waals surface area contributed by atoms with E-state index in [0.29, 0.717) is 11.4 Å². The van der Waals surface area contributed by atoms with E-state index in [1.165, 1.54) is 11.8 Å². The maximum absolute atomic E-state index is 11.6. The number of rotatable bonds is 5. The lowest BCUT2D eigenvalue weighted by atomic mass is 10.2. The molecule has 0 saturated carbocycles. The molecule has 1 rings (SSSR count). The van der Waals surface area contributed by atoms with Crippen molar-refractivity contribution in [3.8, 4) is 0 Å². The lowest BCUT2D eigenvalue weighted by Crippen LogP contribution is -2.23. The molecule has 0 saturated heterocycles. The van der Waals surface area contributed by atoms with E-state index in [4.69, 9.17) is 4.74 Å². The highest BCUT2D eigenvalue weighted by Gasteiger charge is 2.11. The van der Waals surface area contributed by atoms with Crippen LogP contribution >= 0.6 is 0 Å². The number of esters is 1. The molecule has 0 aliphatic heterocycles. The fourth-order valence-electron chi connectivity index (χ4n) is 1.52. The van der Waals surface area contributed by atoms with Gasteiger partial charge in [-0.3, -0.25) is 14.4 Å². The summed E-state index contributed by atoms with van der Waals surface area (Å²) in [5.41, 5.74) is 1.18. The fourth-order valence-corrected chi connectivity index (χ4v) is 1.52. The van der Waals surface area contributed by atoms with E-state index in [1.807, 2.05) is 0 Å². The van der Waals surface area contributed by atoms with Crippen LogP contribution in [-0.4, -0.2) is 31.4 Å². The number of hydrogen-bond acceptors (Lipinski definition) is 4. The second-order valence-electron chi connectivity index (χ2n) is 4.16. The predicted octanol–water partition coefficient (Wildman–Crippen LogP) is 1.56. The van der Waals surface area contributed by atoms with Gasteiger partial charge in [-0.2, -0.15) is 0 Å². The Morgan fingerprint density at radius 3 is 2.60 bits per heavy atom. The summed E-state index contributed by atoms with van der Waals surface area (Å²) in [5, 5.41) is 2.59. The SMILES string of the molecule is CCOC(=O)CC(=O)Nc1cccc(N(C)C(C)=O)c1. The second kappa shape index (κ2) is 7.28. The van der Waals surface area contributed by atoms with E-state index in [1.54, 1.807) is 38.2 Å². The molecule has 1 N–H and O–H groups in total. The molecule has 6 nitrogen and oxygen atoms in total. The molecule has 0 aromatic heterocycles. The van der Waals surface area contributed by atoms with Gasteiger partial charge in [-0.15, -0.1) is 0 Å². The van der Waals surface area contributed by atoms with Crippen molar-refractivity contribution in [2.24, 2.45) is 0 Å². The predicted molar refractivity (Wildman–Crippen MR) is 75.4 cm³/mol. The highest BCUT2D eigenvalue weighted by atomic mass is 16.5. The summed E-state index contributed by atoms with van der Waals surface area (Å²) in [4.78, 5) is 35.5. The Labute approximate surface area is 117 Å². The molecule has 1 aromatic carbocycles. The van der Waals surface area contributed by atoms with Crippen molar-refractivity contribution in [2.45, 2.75) is 20.3 Å². The molecule has 20 heavy (non-hydrogen) atoms. The Kier molecular flexibility index (Phi) is 5.71. The zero-order valence-corrected chi connectivity index (χ0v) is 11.8. The molecular weight excluding hydrogens is 260 g/mol. The van der Waals surface area contributed by atoms with Crippen LogP contribution in [0.1, 0.15) is 20.3 Å². The molecule has 0 atom stereocenters. The van der Waals surface area contributed by atoms with E-state index >= 15 is 0 Å². The number of nitrogens with zero attached hydrogens (tertiary/aromatic N) is 1. The second-order valence-corrected chi connectivity index (χ2v) is 4.16. The van der Waals surface area contributed by atoms with E-state index < -0.39 is 11.9 Å². The number of nitrogens with one attached hydrogen (secondary N) is 1. The van der Waals surface area contributed by atoms with E-state index in [-0.39, 0.29) is 18.9 Å². The van der Waals surface area contributed by atoms with Gasteiger partial charge in [0.1, 0.15) is 6.42 Å². The third-order valence-electron chi connectivity index (χ3n) is 2.60. The van der Waals surface area contributed by atoms with Gasteiger partial charge >= 0.3 is 5.97 Å². The molecule has 0 radical (unpaired) electrons. The molecule has 0 spiro atoms. The van der Waals surface area contributed by atoms with Crippen molar-refractivity contribution in [1.82, 2.24) is 0 Å². The van der Waals surface area contributed by atoms with Crippen LogP contribution in [0.5, 0.6) is 0 Å². The number of ether oxygens (including phenoxy) is 1. The first kappa shape index (κ1) is 15.7. The number of hydrogen-bond donors (Lipinski definition) is 1. The Balaban J connectivity index is 2.69. The van der Waals surface area contributed by atoms with Crippen LogP contribution in [-0.2, 0) is 19.1 Å². The fraction of sp³-hybridized carbons (Fsp3) is 0.357. The summed E-state index contributed by atoms with van der Waals surface area (Å²) in [7, 11) is 1.64. The molecule has 0 bridgehead atoms. The zero-order valence-electron chi connectivity index (χ0n) is 11.8. The van der Waals surface area contributed by atoms with Gasteiger partial charge in [-0.1, -0.05) is 6.07 Å². The zero-order chi connectivity index (χ0) is 15.1. The molecular formula is C14H18N2O4. The van der Waals surface area contributed by atoms with E-state index in [2.05, 4.69) is 5.32 Å². The van der Waals surface area contributed by atoms with Crippen LogP contribution in [0.15, 0.2) is 24.3 Å². The lowest BCUT2D eigenvalue weighted by Gasteiger charge is -2.16. The van der Waals surface area contributed by atoms with Gasteiger partial charge in [0.25, 0.3) is 0 Å². The number of carbonyl (C=O) groups excluding carboxylic acids is 3. The van der Waals surface area contributed by atoms with Gasteiger partial charge in [-0.05, 0) is 25.1 Å². The largest absolute Gasteiger partial charge is 0.466 e. The van der Waals surface area contributed by atoms with Crippen molar-refractivity contribution in [3.63, 3.8) is 0 Å². The number of benzene rings is 1. The van der Waals surface area contributed by atoms with Gasteiger partial charge in [0.2, 0.25) is 11.8 Å². The normalized spacial score (nSPS) is 9.75. The number of anilines is 2. The first-order chi connectivity index (χ1) is 9.43. The smallest absolute Gasteiger partial charge is 0.315 e. The molecule has 2 amide bonds. The highest BCUT2D eigenvalue weighted by molar-refractivity contribution is 6.02. The maximum atomic E-state index is 11.6. The molecule has 0 heterocycles. The van der Waals surface area contributed by atoms with Crippen LogP contribution in [0.4, 0.5) is 11.4 Å². The van der Waals surface area contributed by atoms with Crippen molar-refractivity contribution in [1.29, 1.82) is 0 Å². The molecule has 0 aliphatic carbocycles. The van der Waals surface area contributed by atoms with Crippen molar-refractivity contribution in [3.05, 3.63) is 24.3 Å². The molecule has 1 aromatic rings. The summed E-state index contributed by atoms with van der Waals surface area (Å²) in [6.45, 7) is 3.37. The monoisotopic (exact) mass is 278 g/mol. The number of carbonyl (C=O) groups is 3. The quantitative estimate of drug-likeness (QED) is 0.655. The van der Waals surface area contributed by atoms with Gasteiger partial charge < -0.3 is 15.0 Å². The molecule has 6 heteroatoms. The van der Waals surface area contributed by atoms with Gasteiger partial charge in [0.15, 0.2) is 0 Å². The van der Waals surface area contributed by atoms with Crippen LogP contribution < -0.4 is 10.2 Å². The minimum atomic E-state index is -0.568. The highest BCUT2D eigenvalue weighted by Crippen LogP contribution is 2.18. The van der Waals surface area contributed by atoms with Crippen molar-refractivity contribution < 1.29 is 19.1 Å². The summed E-state index contributed by atoms with van der Waals surface area (Å²) < 4.78 is 4.69. The molecule has 0 fully saturated rings. The van der Waals surface area contributed by atoms with Gasteiger partial charge in [0.05, 0.1) is 6.61 Å². The topological polar surface area (TPSA) is 75.7 Å². The summed E-state index contributed by atoms with van der Waals surface area (Å²) in [6.07, 6.45) is -0.333. The first-order valence-corrected chi connectivity index (χ1v) is 6.24. The first-order valence-electron chi connectivity index (χ1n) is 6.24. The van der Waals surface area contributed by atoms with Crippen molar-refractivity contribution >= 4 is 29.2 Å². The van der Waals surface area contributed by atoms with Gasteiger partial charge in [-0.25, -0.2) is 0 Å². The lowest BCUT2D eigenvalue weighted by molar-refractivity contribution is -0.145. The van der Waals surface area contributed by atoms with Gasteiger partial charge in [0, 0.05) is 25.3 Å². The van der Waals surface area contributed by atoms with Crippen molar-refractivity contribution in [2.75, 3.05) is 23.9 Å².